The van der Waals surface area contributed by atoms with E-state index in [0.717, 1.165) is 17.0 Å². The maximum Gasteiger partial charge on any atom is 0.118 e. The fourth-order valence-electron chi connectivity index (χ4n) is 2.83. The number of pyridine rings is 1. The second-order valence-corrected chi connectivity index (χ2v) is 5.38. The van der Waals surface area contributed by atoms with E-state index in [0.29, 0.717) is 0 Å². The van der Waals surface area contributed by atoms with Crippen LogP contribution >= 0.6 is 0 Å². The van der Waals surface area contributed by atoms with Gasteiger partial charge >= 0.3 is 0 Å². The van der Waals surface area contributed by atoms with Gasteiger partial charge in [0.1, 0.15) is 5.75 Å². The Morgan fingerprint density at radius 2 is 1.50 bits per heavy atom. The summed E-state index contributed by atoms with van der Waals surface area (Å²) in [6.07, 6.45) is 1.95. The van der Waals surface area contributed by atoms with Crippen LogP contribution in [0.15, 0.2) is 60.8 Å². The molecule has 110 valence electrons. The Labute approximate surface area is 131 Å². The molecular formula is C20H19NO. The average molecular weight is 289 g/mol. The molecule has 2 nitrogen and oxygen atoms in total. The first-order valence-corrected chi connectivity index (χ1v) is 7.36. The molecule has 0 spiro atoms. The van der Waals surface area contributed by atoms with Gasteiger partial charge in [0.05, 0.1) is 12.8 Å². The van der Waals surface area contributed by atoms with E-state index in [1.807, 2.05) is 36.5 Å². The van der Waals surface area contributed by atoms with Crippen molar-refractivity contribution in [3.05, 3.63) is 71.9 Å². The van der Waals surface area contributed by atoms with E-state index in [1.165, 1.54) is 22.3 Å². The monoisotopic (exact) mass is 289 g/mol. The van der Waals surface area contributed by atoms with Crippen LogP contribution in [-0.2, 0) is 0 Å². The van der Waals surface area contributed by atoms with Crippen LogP contribution < -0.4 is 4.74 Å². The van der Waals surface area contributed by atoms with Crippen molar-refractivity contribution in [2.45, 2.75) is 13.8 Å². The molecule has 1 aromatic heterocycles. The van der Waals surface area contributed by atoms with Gasteiger partial charge in [-0.05, 0) is 48.2 Å². The Balaban J connectivity index is 2.15. The zero-order chi connectivity index (χ0) is 15.5. The molecule has 0 fully saturated rings. The van der Waals surface area contributed by atoms with Crippen LogP contribution in [-0.4, -0.2) is 12.1 Å². The van der Waals surface area contributed by atoms with Gasteiger partial charge in [0, 0.05) is 11.8 Å². The van der Waals surface area contributed by atoms with Crippen molar-refractivity contribution >= 4 is 0 Å². The topological polar surface area (TPSA) is 22.1 Å². The van der Waals surface area contributed by atoms with E-state index in [2.05, 4.69) is 43.1 Å². The average Bonchev–Trinajstić information content (AvgIpc) is 2.56. The molecule has 0 aliphatic rings. The van der Waals surface area contributed by atoms with Gasteiger partial charge < -0.3 is 4.74 Å². The quantitative estimate of drug-likeness (QED) is 0.674. The predicted octanol–water partition coefficient (Wildman–Crippen LogP) is 5.04. The highest BCUT2D eigenvalue weighted by Crippen LogP contribution is 2.33. The fraction of sp³-hybridized carbons (Fsp3) is 0.150. The molecule has 0 saturated carbocycles. The Morgan fingerprint density at radius 1 is 0.818 bits per heavy atom. The SMILES string of the molecule is COc1ccc(-c2c(C)cnc(-c3ccccc3)c2C)cc1. The summed E-state index contributed by atoms with van der Waals surface area (Å²) in [6.45, 7) is 4.25. The first-order valence-electron chi connectivity index (χ1n) is 7.36. The Morgan fingerprint density at radius 3 is 2.14 bits per heavy atom. The van der Waals surface area contributed by atoms with Crippen molar-refractivity contribution in [1.82, 2.24) is 4.98 Å². The van der Waals surface area contributed by atoms with Gasteiger partial charge in [-0.3, -0.25) is 4.98 Å². The Kier molecular flexibility index (Phi) is 3.92. The van der Waals surface area contributed by atoms with Gasteiger partial charge in [0.2, 0.25) is 0 Å². The Bertz CT molecular complexity index is 777. The van der Waals surface area contributed by atoms with Gasteiger partial charge in [-0.2, -0.15) is 0 Å². The Hall–Kier alpha value is -2.61. The van der Waals surface area contributed by atoms with Gasteiger partial charge in [-0.1, -0.05) is 42.5 Å². The summed E-state index contributed by atoms with van der Waals surface area (Å²) in [6, 6.07) is 18.5. The molecule has 0 aliphatic carbocycles. The number of aryl methyl sites for hydroxylation is 1. The molecule has 0 unspecified atom stereocenters. The van der Waals surface area contributed by atoms with Crippen molar-refractivity contribution in [2.75, 3.05) is 7.11 Å². The van der Waals surface area contributed by atoms with Crippen molar-refractivity contribution in [2.24, 2.45) is 0 Å². The van der Waals surface area contributed by atoms with Crippen LogP contribution in [0.4, 0.5) is 0 Å². The highest BCUT2D eigenvalue weighted by atomic mass is 16.5. The highest BCUT2D eigenvalue weighted by molar-refractivity contribution is 5.78. The molecule has 0 bridgehead atoms. The number of benzene rings is 2. The molecule has 0 atom stereocenters. The summed E-state index contributed by atoms with van der Waals surface area (Å²) < 4.78 is 5.25. The molecule has 2 aromatic carbocycles. The summed E-state index contributed by atoms with van der Waals surface area (Å²) in [5, 5.41) is 0. The molecule has 0 radical (unpaired) electrons. The molecule has 1 heterocycles. The molecule has 0 saturated heterocycles. The molecule has 3 rings (SSSR count). The summed E-state index contributed by atoms with van der Waals surface area (Å²) in [5.41, 5.74) is 7.01. The molecular weight excluding hydrogens is 270 g/mol. The normalized spacial score (nSPS) is 10.5. The molecule has 0 amide bonds. The zero-order valence-electron chi connectivity index (χ0n) is 13.1. The largest absolute Gasteiger partial charge is 0.497 e. The second kappa shape index (κ2) is 6.02. The van der Waals surface area contributed by atoms with E-state index in [-0.39, 0.29) is 0 Å². The van der Waals surface area contributed by atoms with Gasteiger partial charge in [0.25, 0.3) is 0 Å². The van der Waals surface area contributed by atoms with Gasteiger partial charge in [-0.15, -0.1) is 0 Å². The number of hydrogen-bond donors (Lipinski definition) is 0. The van der Waals surface area contributed by atoms with Crippen molar-refractivity contribution in [3.63, 3.8) is 0 Å². The minimum atomic E-state index is 0.872. The third kappa shape index (κ3) is 2.60. The number of hydrogen-bond acceptors (Lipinski definition) is 2. The second-order valence-electron chi connectivity index (χ2n) is 5.38. The highest BCUT2D eigenvalue weighted by Gasteiger charge is 2.12. The maximum atomic E-state index is 5.25. The van der Waals surface area contributed by atoms with Crippen molar-refractivity contribution < 1.29 is 4.74 Å². The molecule has 3 aromatic rings. The van der Waals surface area contributed by atoms with Crippen LogP contribution in [0.25, 0.3) is 22.4 Å². The summed E-state index contributed by atoms with van der Waals surface area (Å²) in [7, 11) is 1.69. The third-order valence-corrected chi connectivity index (χ3v) is 3.94. The molecule has 2 heteroatoms. The third-order valence-electron chi connectivity index (χ3n) is 3.94. The lowest BCUT2D eigenvalue weighted by Gasteiger charge is -2.14. The summed E-state index contributed by atoms with van der Waals surface area (Å²) >= 11 is 0. The van der Waals surface area contributed by atoms with Gasteiger partial charge in [0.15, 0.2) is 0 Å². The fourth-order valence-corrected chi connectivity index (χ4v) is 2.83. The van der Waals surface area contributed by atoms with Crippen LogP contribution in [0.1, 0.15) is 11.1 Å². The van der Waals surface area contributed by atoms with Crippen LogP contribution in [0.2, 0.25) is 0 Å². The maximum absolute atomic E-state index is 5.25. The van der Waals surface area contributed by atoms with Crippen LogP contribution in [0.3, 0.4) is 0 Å². The van der Waals surface area contributed by atoms with Crippen LogP contribution in [0, 0.1) is 13.8 Å². The minimum Gasteiger partial charge on any atom is -0.497 e. The molecule has 0 aliphatic heterocycles. The predicted molar refractivity (Wildman–Crippen MR) is 91.1 cm³/mol. The van der Waals surface area contributed by atoms with Gasteiger partial charge in [-0.25, -0.2) is 0 Å². The lowest BCUT2D eigenvalue weighted by molar-refractivity contribution is 0.415. The smallest absolute Gasteiger partial charge is 0.118 e. The number of aromatic nitrogens is 1. The van der Waals surface area contributed by atoms with E-state index >= 15 is 0 Å². The standard InChI is InChI=1S/C20H19NO/c1-14-13-21-20(17-7-5-4-6-8-17)15(2)19(14)16-9-11-18(22-3)12-10-16/h4-13H,1-3H3. The van der Waals surface area contributed by atoms with Crippen LogP contribution in [0.5, 0.6) is 5.75 Å². The summed E-state index contributed by atoms with van der Waals surface area (Å²) in [4.78, 5) is 4.64. The number of rotatable bonds is 3. The number of nitrogens with zero attached hydrogens (tertiary/aromatic N) is 1. The molecule has 0 N–H and O–H groups in total. The lowest BCUT2D eigenvalue weighted by atomic mass is 9.94. The number of ether oxygens (including phenoxy) is 1. The molecule has 22 heavy (non-hydrogen) atoms. The van der Waals surface area contributed by atoms with Crippen molar-refractivity contribution in [1.29, 1.82) is 0 Å². The first kappa shape index (κ1) is 14.3. The summed E-state index contributed by atoms with van der Waals surface area (Å²) in [5.74, 6) is 0.872. The van der Waals surface area contributed by atoms with Crippen molar-refractivity contribution in [3.8, 4) is 28.1 Å². The minimum absolute atomic E-state index is 0.872. The van der Waals surface area contributed by atoms with E-state index in [9.17, 15) is 0 Å². The van der Waals surface area contributed by atoms with E-state index < -0.39 is 0 Å². The first-order chi connectivity index (χ1) is 10.7. The van der Waals surface area contributed by atoms with E-state index in [4.69, 9.17) is 4.74 Å². The number of methoxy groups -OCH3 is 1. The van der Waals surface area contributed by atoms with E-state index in [1.54, 1.807) is 7.11 Å². The zero-order valence-corrected chi connectivity index (χ0v) is 13.1. The lowest BCUT2D eigenvalue weighted by Crippen LogP contribution is -1.95.